The summed E-state index contributed by atoms with van der Waals surface area (Å²) in [6, 6.07) is 9.98. The Bertz CT molecular complexity index is 940. The number of fused-ring (bicyclic) bond motifs is 1. The number of rotatable bonds is 3. The van der Waals surface area contributed by atoms with Gasteiger partial charge in [0.1, 0.15) is 0 Å². The third-order valence-electron chi connectivity index (χ3n) is 4.90. The van der Waals surface area contributed by atoms with Gasteiger partial charge in [0.15, 0.2) is 0 Å². The summed E-state index contributed by atoms with van der Waals surface area (Å²) in [6.07, 6.45) is 8.09. The fourth-order valence-corrected chi connectivity index (χ4v) is 3.36. The third kappa shape index (κ3) is 3.02. The highest BCUT2D eigenvalue weighted by atomic mass is 16.1. The quantitative estimate of drug-likeness (QED) is 0.737. The predicted molar refractivity (Wildman–Crippen MR) is 101 cm³/mol. The van der Waals surface area contributed by atoms with Crippen molar-refractivity contribution in [3.8, 4) is 5.69 Å². The number of anilines is 1. The van der Waals surface area contributed by atoms with Crippen molar-refractivity contribution in [2.75, 3.05) is 18.0 Å². The van der Waals surface area contributed by atoms with Gasteiger partial charge in [-0.15, -0.1) is 0 Å². The van der Waals surface area contributed by atoms with Crippen molar-refractivity contribution < 1.29 is 0 Å². The van der Waals surface area contributed by atoms with E-state index in [2.05, 4.69) is 33.9 Å². The van der Waals surface area contributed by atoms with Crippen LogP contribution in [0.3, 0.4) is 0 Å². The summed E-state index contributed by atoms with van der Waals surface area (Å²) in [7, 11) is 0. The van der Waals surface area contributed by atoms with Crippen LogP contribution in [0.5, 0.6) is 0 Å². The molecule has 2 aromatic heterocycles. The first-order chi connectivity index (χ1) is 12.3. The van der Waals surface area contributed by atoms with Gasteiger partial charge in [-0.1, -0.05) is 19.1 Å². The van der Waals surface area contributed by atoms with Crippen molar-refractivity contribution in [2.45, 2.75) is 32.6 Å². The highest BCUT2D eigenvalue weighted by Gasteiger charge is 2.15. The number of hydrogen-bond acceptors (Lipinski definition) is 4. The molecule has 1 aliphatic rings. The Morgan fingerprint density at radius 2 is 1.80 bits per heavy atom. The average molecular weight is 334 g/mol. The maximum atomic E-state index is 12.8. The summed E-state index contributed by atoms with van der Waals surface area (Å²) < 4.78 is 1.66. The van der Waals surface area contributed by atoms with Crippen LogP contribution in [-0.4, -0.2) is 27.6 Å². The van der Waals surface area contributed by atoms with Gasteiger partial charge in [0.05, 0.1) is 10.9 Å². The van der Waals surface area contributed by atoms with Crippen molar-refractivity contribution in [1.29, 1.82) is 0 Å². The standard InChI is InChI=1S/C20H22N4O/c1-2-15-6-8-16(9-7-15)24-13-10-18-17(19(24)25)14-21-20(22-18)23-11-4-3-5-12-23/h6-10,13-14H,2-5,11-12H2,1H3. The molecule has 1 aromatic carbocycles. The molecule has 0 saturated carbocycles. The molecule has 5 heteroatoms. The molecule has 1 fully saturated rings. The van der Waals surface area contributed by atoms with E-state index in [1.54, 1.807) is 17.0 Å². The Labute approximate surface area is 147 Å². The number of aromatic nitrogens is 3. The summed E-state index contributed by atoms with van der Waals surface area (Å²) in [5.74, 6) is 0.733. The fourth-order valence-electron chi connectivity index (χ4n) is 3.36. The third-order valence-corrected chi connectivity index (χ3v) is 4.90. The second-order valence-electron chi connectivity index (χ2n) is 6.53. The molecule has 4 rings (SSSR count). The Morgan fingerprint density at radius 3 is 2.52 bits per heavy atom. The van der Waals surface area contributed by atoms with E-state index in [4.69, 9.17) is 0 Å². The molecule has 3 aromatic rings. The van der Waals surface area contributed by atoms with Crippen LogP contribution in [0.25, 0.3) is 16.6 Å². The van der Waals surface area contributed by atoms with Crippen LogP contribution in [0, 0.1) is 0 Å². The van der Waals surface area contributed by atoms with E-state index in [9.17, 15) is 4.79 Å². The van der Waals surface area contributed by atoms with E-state index in [1.807, 2.05) is 18.2 Å². The molecule has 0 aliphatic carbocycles. The largest absolute Gasteiger partial charge is 0.341 e. The molecule has 1 saturated heterocycles. The first-order valence-electron chi connectivity index (χ1n) is 8.99. The normalized spacial score (nSPS) is 14.8. The molecule has 0 N–H and O–H groups in total. The van der Waals surface area contributed by atoms with E-state index in [1.165, 1.54) is 24.8 Å². The molecule has 0 radical (unpaired) electrons. The van der Waals surface area contributed by atoms with Gasteiger partial charge in [-0.25, -0.2) is 9.97 Å². The lowest BCUT2D eigenvalue weighted by atomic mass is 10.1. The highest BCUT2D eigenvalue weighted by molar-refractivity contribution is 5.78. The zero-order valence-electron chi connectivity index (χ0n) is 14.5. The minimum atomic E-state index is -0.0769. The van der Waals surface area contributed by atoms with Gasteiger partial charge in [-0.2, -0.15) is 0 Å². The number of pyridine rings is 1. The lowest BCUT2D eigenvalue weighted by molar-refractivity contribution is 0.569. The minimum absolute atomic E-state index is 0.0769. The number of benzene rings is 1. The molecule has 0 unspecified atom stereocenters. The van der Waals surface area contributed by atoms with Gasteiger partial charge in [0.2, 0.25) is 5.95 Å². The molecule has 0 bridgehead atoms. The Hall–Kier alpha value is -2.69. The molecule has 25 heavy (non-hydrogen) atoms. The van der Waals surface area contributed by atoms with Crippen molar-refractivity contribution in [3.63, 3.8) is 0 Å². The van der Waals surface area contributed by atoms with Crippen LogP contribution < -0.4 is 10.5 Å². The number of nitrogens with zero attached hydrogens (tertiary/aromatic N) is 4. The lowest BCUT2D eigenvalue weighted by Crippen LogP contribution is -2.31. The Kier molecular flexibility index (Phi) is 4.22. The first-order valence-corrected chi connectivity index (χ1v) is 8.99. The van der Waals surface area contributed by atoms with Crippen molar-refractivity contribution in [1.82, 2.24) is 14.5 Å². The maximum absolute atomic E-state index is 12.8. The van der Waals surface area contributed by atoms with Gasteiger partial charge in [-0.05, 0) is 49.4 Å². The van der Waals surface area contributed by atoms with E-state index in [-0.39, 0.29) is 5.56 Å². The van der Waals surface area contributed by atoms with Gasteiger partial charge in [0.25, 0.3) is 5.56 Å². The number of hydrogen-bond donors (Lipinski definition) is 0. The predicted octanol–water partition coefficient (Wildman–Crippen LogP) is 3.33. The Balaban J connectivity index is 1.73. The molecule has 5 nitrogen and oxygen atoms in total. The molecule has 0 spiro atoms. The summed E-state index contributed by atoms with van der Waals surface area (Å²) in [5, 5.41) is 0.558. The van der Waals surface area contributed by atoms with E-state index in [0.717, 1.165) is 31.1 Å². The van der Waals surface area contributed by atoms with Gasteiger partial charge >= 0.3 is 0 Å². The van der Waals surface area contributed by atoms with Gasteiger partial charge in [-0.3, -0.25) is 9.36 Å². The summed E-state index contributed by atoms with van der Waals surface area (Å²) in [5.41, 5.74) is 2.75. The van der Waals surface area contributed by atoms with Crippen LogP contribution in [0.2, 0.25) is 0 Å². The van der Waals surface area contributed by atoms with Gasteiger partial charge < -0.3 is 4.90 Å². The maximum Gasteiger partial charge on any atom is 0.266 e. The fraction of sp³-hybridized carbons (Fsp3) is 0.350. The van der Waals surface area contributed by atoms with Crippen molar-refractivity contribution in [3.05, 3.63) is 58.6 Å². The second kappa shape index (κ2) is 6.67. The van der Waals surface area contributed by atoms with Crippen molar-refractivity contribution >= 4 is 16.9 Å². The smallest absolute Gasteiger partial charge is 0.266 e. The average Bonchev–Trinajstić information content (AvgIpc) is 2.69. The summed E-state index contributed by atoms with van der Waals surface area (Å²) >= 11 is 0. The van der Waals surface area contributed by atoms with Crippen LogP contribution in [0.1, 0.15) is 31.7 Å². The second-order valence-corrected chi connectivity index (χ2v) is 6.53. The first kappa shape index (κ1) is 15.8. The zero-order chi connectivity index (χ0) is 17.2. The summed E-state index contributed by atoms with van der Waals surface area (Å²) in [4.78, 5) is 24.1. The molecule has 3 heterocycles. The molecular formula is C20H22N4O. The minimum Gasteiger partial charge on any atom is -0.341 e. The van der Waals surface area contributed by atoms with Crippen molar-refractivity contribution in [2.24, 2.45) is 0 Å². The number of piperidine rings is 1. The topological polar surface area (TPSA) is 51.0 Å². The molecule has 0 atom stereocenters. The lowest BCUT2D eigenvalue weighted by Gasteiger charge is -2.26. The van der Waals surface area contributed by atoms with E-state index < -0.39 is 0 Å². The monoisotopic (exact) mass is 334 g/mol. The van der Waals surface area contributed by atoms with E-state index >= 15 is 0 Å². The zero-order valence-corrected chi connectivity index (χ0v) is 14.5. The highest BCUT2D eigenvalue weighted by Crippen LogP contribution is 2.18. The van der Waals surface area contributed by atoms with E-state index in [0.29, 0.717) is 10.9 Å². The Morgan fingerprint density at radius 1 is 1.04 bits per heavy atom. The molecule has 128 valence electrons. The molecule has 1 aliphatic heterocycles. The van der Waals surface area contributed by atoms with Crippen LogP contribution in [0.15, 0.2) is 47.5 Å². The van der Waals surface area contributed by atoms with Crippen LogP contribution in [0.4, 0.5) is 5.95 Å². The number of aryl methyl sites for hydroxylation is 1. The van der Waals surface area contributed by atoms with Gasteiger partial charge in [0, 0.05) is 31.2 Å². The van der Waals surface area contributed by atoms with Crippen LogP contribution in [-0.2, 0) is 6.42 Å². The molecular weight excluding hydrogens is 312 g/mol. The SMILES string of the molecule is CCc1ccc(-n2ccc3nc(N4CCCCC4)ncc3c2=O)cc1. The summed E-state index contributed by atoms with van der Waals surface area (Å²) in [6.45, 7) is 4.10. The molecule has 0 amide bonds. The van der Waals surface area contributed by atoms with Crippen LogP contribution >= 0.6 is 0 Å².